The molecule has 0 aliphatic heterocycles. The lowest BCUT2D eigenvalue weighted by Crippen LogP contribution is -1.84. The van der Waals surface area contributed by atoms with Crippen LogP contribution in [0.4, 0.5) is 5.82 Å². The number of hydrogen-bond donors (Lipinski definition) is 1. The van der Waals surface area contributed by atoms with E-state index in [1.165, 1.54) is 0 Å². The summed E-state index contributed by atoms with van der Waals surface area (Å²) in [5.41, 5.74) is 6.56. The summed E-state index contributed by atoms with van der Waals surface area (Å²) in [6.45, 7) is 0. The largest absolute Gasteiger partial charge is 0.380 e. The molecule has 6 heteroatoms. The molecule has 1 aromatic heterocycles. The van der Waals surface area contributed by atoms with Crippen LogP contribution in [0.5, 0.6) is 0 Å². The van der Waals surface area contributed by atoms with Crippen LogP contribution in [0.1, 0.15) is 0 Å². The highest BCUT2D eigenvalue weighted by Crippen LogP contribution is 2.36. The number of nitrogen functional groups attached to an aromatic ring is 1. The van der Waals surface area contributed by atoms with Gasteiger partial charge in [-0.15, -0.1) is 0 Å². The number of halogens is 3. The van der Waals surface area contributed by atoms with Gasteiger partial charge in [0.1, 0.15) is 4.47 Å². The van der Waals surface area contributed by atoms with Gasteiger partial charge in [-0.2, -0.15) is 0 Å². The third-order valence-electron chi connectivity index (χ3n) is 1.83. The van der Waals surface area contributed by atoms with Gasteiger partial charge in [-0.25, -0.2) is 0 Å². The minimum atomic E-state index is 0.362. The SMILES string of the molecule is Nc1noc(-c2cc(Br)ccc2I)c1Br. The number of benzene rings is 1. The van der Waals surface area contributed by atoms with E-state index in [1.54, 1.807) is 0 Å². The molecule has 0 aliphatic carbocycles. The van der Waals surface area contributed by atoms with E-state index in [-0.39, 0.29) is 0 Å². The molecule has 1 heterocycles. The van der Waals surface area contributed by atoms with Crippen LogP contribution >= 0.6 is 54.5 Å². The minimum Gasteiger partial charge on any atom is -0.380 e. The van der Waals surface area contributed by atoms with Crippen LogP contribution in [0.15, 0.2) is 31.7 Å². The molecule has 0 saturated heterocycles. The Balaban J connectivity index is 2.63. The Labute approximate surface area is 117 Å². The number of rotatable bonds is 1. The first kappa shape index (κ1) is 11.4. The van der Waals surface area contributed by atoms with Gasteiger partial charge in [0.25, 0.3) is 0 Å². The van der Waals surface area contributed by atoms with Crippen molar-refractivity contribution in [1.82, 2.24) is 5.16 Å². The third kappa shape index (κ3) is 2.21. The zero-order chi connectivity index (χ0) is 11.0. The van der Waals surface area contributed by atoms with Gasteiger partial charge in [0.05, 0.1) is 0 Å². The molecule has 2 rings (SSSR count). The van der Waals surface area contributed by atoms with Gasteiger partial charge in [-0.05, 0) is 56.7 Å². The molecule has 0 amide bonds. The first-order valence-corrected chi connectivity index (χ1v) is 6.62. The quantitative estimate of drug-likeness (QED) is 0.676. The molecule has 3 nitrogen and oxygen atoms in total. The van der Waals surface area contributed by atoms with Crippen molar-refractivity contribution in [3.05, 3.63) is 30.7 Å². The van der Waals surface area contributed by atoms with E-state index in [0.717, 1.165) is 13.6 Å². The van der Waals surface area contributed by atoms with Crippen LogP contribution < -0.4 is 5.73 Å². The Hall–Kier alpha value is -0.0800. The fourth-order valence-corrected chi connectivity index (χ4v) is 2.43. The van der Waals surface area contributed by atoms with Crippen molar-refractivity contribution in [3.63, 3.8) is 0 Å². The van der Waals surface area contributed by atoms with Crippen molar-refractivity contribution in [3.8, 4) is 11.3 Å². The van der Waals surface area contributed by atoms with Gasteiger partial charge >= 0.3 is 0 Å². The molecule has 1 aromatic carbocycles. The van der Waals surface area contributed by atoms with Crippen molar-refractivity contribution in [2.45, 2.75) is 0 Å². The highest BCUT2D eigenvalue weighted by Gasteiger charge is 2.15. The number of nitrogens with zero attached hydrogens (tertiary/aromatic N) is 1. The first-order valence-electron chi connectivity index (χ1n) is 3.95. The molecule has 0 spiro atoms. The summed E-state index contributed by atoms with van der Waals surface area (Å²) in [5, 5.41) is 3.70. The molecule has 0 unspecified atom stereocenters. The Kier molecular flexibility index (Phi) is 3.36. The van der Waals surface area contributed by atoms with Crippen molar-refractivity contribution >= 4 is 60.3 Å². The van der Waals surface area contributed by atoms with Crippen LogP contribution in [-0.2, 0) is 0 Å². The zero-order valence-electron chi connectivity index (χ0n) is 7.30. The van der Waals surface area contributed by atoms with Gasteiger partial charge in [0.15, 0.2) is 11.6 Å². The van der Waals surface area contributed by atoms with E-state index in [0.29, 0.717) is 16.1 Å². The molecule has 0 radical (unpaired) electrons. The summed E-state index contributed by atoms with van der Waals surface area (Å²) in [6.07, 6.45) is 0. The maximum absolute atomic E-state index is 5.60. The topological polar surface area (TPSA) is 52.0 Å². The van der Waals surface area contributed by atoms with Gasteiger partial charge < -0.3 is 10.3 Å². The van der Waals surface area contributed by atoms with Crippen molar-refractivity contribution in [1.29, 1.82) is 0 Å². The van der Waals surface area contributed by atoms with E-state index in [2.05, 4.69) is 59.6 Å². The fourth-order valence-electron chi connectivity index (χ4n) is 1.13. The van der Waals surface area contributed by atoms with E-state index >= 15 is 0 Å². The maximum atomic E-state index is 5.60. The normalized spacial score (nSPS) is 10.6. The summed E-state index contributed by atoms with van der Waals surface area (Å²) in [7, 11) is 0. The van der Waals surface area contributed by atoms with Gasteiger partial charge in [0, 0.05) is 13.6 Å². The van der Waals surface area contributed by atoms with E-state index in [4.69, 9.17) is 10.3 Å². The molecule has 0 bridgehead atoms. The zero-order valence-corrected chi connectivity index (χ0v) is 12.6. The molecule has 0 saturated carbocycles. The van der Waals surface area contributed by atoms with Crippen LogP contribution in [-0.4, -0.2) is 5.16 Å². The Morgan fingerprint density at radius 3 is 2.67 bits per heavy atom. The van der Waals surface area contributed by atoms with Crippen LogP contribution in [0.2, 0.25) is 0 Å². The predicted octanol–water partition coefficient (Wildman–Crippen LogP) is 4.05. The third-order valence-corrected chi connectivity index (χ3v) is 4.03. The van der Waals surface area contributed by atoms with Gasteiger partial charge in [0.2, 0.25) is 0 Å². The molecule has 2 aromatic rings. The first-order chi connectivity index (χ1) is 7.09. The standard InChI is InChI=1S/C9H5Br2IN2O/c10-4-1-2-6(12)5(3-4)8-7(11)9(13)14-15-8/h1-3H,(H2,13,14). The number of aromatic nitrogens is 1. The Morgan fingerprint density at radius 2 is 2.07 bits per heavy atom. The molecule has 0 atom stereocenters. The molecule has 78 valence electrons. The van der Waals surface area contributed by atoms with Crippen LogP contribution in [0.25, 0.3) is 11.3 Å². The summed E-state index contributed by atoms with van der Waals surface area (Å²) >= 11 is 8.99. The van der Waals surface area contributed by atoms with Crippen molar-refractivity contribution in [2.75, 3.05) is 5.73 Å². The van der Waals surface area contributed by atoms with Gasteiger partial charge in [-0.3, -0.25) is 0 Å². The van der Waals surface area contributed by atoms with Gasteiger partial charge in [-0.1, -0.05) is 21.1 Å². The lowest BCUT2D eigenvalue weighted by molar-refractivity contribution is 0.435. The Bertz CT molecular complexity index is 513. The molecular formula is C9H5Br2IN2O. The molecule has 0 fully saturated rings. The van der Waals surface area contributed by atoms with Crippen molar-refractivity contribution in [2.24, 2.45) is 0 Å². The second kappa shape index (κ2) is 4.42. The van der Waals surface area contributed by atoms with E-state index in [1.807, 2.05) is 18.2 Å². The lowest BCUT2D eigenvalue weighted by Gasteiger charge is -2.01. The van der Waals surface area contributed by atoms with E-state index in [9.17, 15) is 0 Å². The molecule has 15 heavy (non-hydrogen) atoms. The number of nitrogens with two attached hydrogens (primary N) is 1. The Morgan fingerprint density at radius 1 is 1.33 bits per heavy atom. The average molecular weight is 444 g/mol. The predicted molar refractivity (Wildman–Crippen MR) is 74.5 cm³/mol. The number of anilines is 1. The maximum Gasteiger partial charge on any atom is 0.184 e. The monoisotopic (exact) mass is 442 g/mol. The van der Waals surface area contributed by atoms with Crippen LogP contribution in [0, 0.1) is 3.57 Å². The molecule has 2 N–H and O–H groups in total. The molecular weight excluding hydrogens is 439 g/mol. The fraction of sp³-hybridized carbons (Fsp3) is 0. The second-order valence-electron chi connectivity index (χ2n) is 2.84. The summed E-state index contributed by atoms with van der Waals surface area (Å²) in [4.78, 5) is 0. The smallest absolute Gasteiger partial charge is 0.184 e. The molecule has 0 aliphatic rings. The van der Waals surface area contributed by atoms with Crippen molar-refractivity contribution < 1.29 is 4.52 Å². The summed E-state index contributed by atoms with van der Waals surface area (Å²) in [5.74, 6) is 1.01. The second-order valence-corrected chi connectivity index (χ2v) is 5.71. The number of hydrogen-bond acceptors (Lipinski definition) is 3. The highest BCUT2D eigenvalue weighted by atomic mass is 127. The summed E-state index contributed by atoms with van der Waals surface area (Å²) < 4.78 is 7.92. The summed E-state index contributed by atoms with van der Waals surface area (Å²) in [6, 6.07) is 5.93. The average Bonchev–Trinajstić information content (AvgIpc) is 2.52. The lowest BCUT2D eigenvalue weighted by atomic mass is 10.2. The highest BCUT2D eigenvalue weighted by molar-refractivity contribution is 14.1. The minimum absolute atomic E-state index is 0.362. The van der Waals surface area contributed by atoms with Crippen LogP contribution in [0.3, 0.4) is 0 Å². The van der Waals surface area contributed by atoms with E-state index < -0.39 is 0 Å².